The molecule has 1 heterocycles. The summed E-state index contributed by atoms with van der Waals surface area (Å²) >= 11 is 0. The van der Waals surface area contributed by atoms with E-state index in [1.807, 2.05) is 24.3 Å². The first-order valence-corrected chi connectivity index (χ1v) is 5.53. The number of nitriles is 1. The minimum Gasteiger partial charge on any atom is -0.267 e. The van der Waals surface area contributed by atoms with Crippen LogP contribution in [-0.4, -0.2) is 0 Å². The van der Waals surface area contributed by atoms with E-state index >= 15 is 0 Å². The Morgan fingerprint density at radius 3 is 2.65 bits per heavy atom. The van der Waals surface area contributed by atoms with Crippen LogP contribution >= 0.6 is 0 Å². The molecule has 3 nitrogen and oxygen atoms in total. The highest BCUT2D eigenvalue weighted by Crippen LogP contribution is 2.17. The molecule has 0 saturated heterocycles. The Morgan fingerprint density at radius 2 is 1.94 bits per heavy atom. The van der Waals surface area contributed by atoms with Gasteiger partial charge in [-0.3, -0.25) is 5.32 Å². The molecular formula is C14H14N3+. The van der Waals surface area contributed by atoms with E-state index in [4.69, 9.17) is 5.26 Å². The van der Waals surface area contributed by atoms with Crippen LogP contribution in [0.1, 0.15) is 24.1 Å². The van der Waals surface area contributed by atoms with E-state index in [2.05, 4.69) is 35.4 Å². The zero-order valence-electron chi connectivity index (χ0n) is 9.64. The van der Waals surface area contributed by atoms with E-state index < -0.39 is 0 Å². The topological polar surface area (TPSA) is 50.0 Å². The zero-order valence-corrected chi connectivity index (χ0v) is 9.64. The lowest BCUT2D eigenvalue weighted by molar-refractivity contribution is -0.361. The average Bonchev–Trinajstić information content (AvgIpc) is 2.40. The van der Waals surface area contributed by atoms with Crippen molar-refractivity contribution in [2.75, 3.05) is 5.32 Å². The van der Waals surface area contributed by atoms with Gasteiger partial charge in [-0.15, -0.1) is 0 Å². The van der Waals surface area contributed by atoms with Crippen LogP contribution in [0.3, 0.4) is 0 Å². The second kappa shape index (κ2) is 5.13. The van der Waals surface area contributed by atoms with Gasteiger partial charge in [0.15, 0.2) is 0 Å². The molecule has 2 N–H and O–H groups in total. The van der Waals surface area contributed by atoms with Crippen molar-refractivity contribution in [1.82, 2.24) is 0 Å². The van der Waals surface area contributed by atoms with Crippen LogP contribution in [0.15, 0.2) is 48.7 Å². The Bertz CT molecular complexity index is 529. The smallest absolute Gasteiger partial charge is 0.267 e. The number of nitrogens with one attached hydrogen (secondary N) is 2. The van der Waals surface area contributed by atoms with E-state index in [1.165, 1.54) is 5.56 Å². The molecule has 0 aliphatic heterocycles. The number of hydrogen-bond acceptors (Lipinski definition) is 2. The van der Waals surface area contributed by atoms with Gasteiger partial charge in [0.1, 0.15) is 17.7 Å². The third-order valence-corrected chi connectivity index (χ3v) is 2.64. The van der Waals surface area contributed by atoms with Gasteiger partial charge in [0.2, 0.25) is 0 Å². The van der Waals surface area contributed by atoms with Crippen molar-refractivity contribution in [3.63, 3.8) is 0 Å². The molecule has 3 heteroatoms. The van der Waals surface area contributed by atoms with E-state index in [0.29, 0.717) is 5.56 Å². The van der Waals surface area contributed by atoms with Crippen molar-refractivity contribution in [2.24, 2.45) is 0 Å². The molecule has 0 bridgehead atoms. The van der Waals surface area contributed by atoms with Crippen molar-refractivity contribution < 1.29 is 4.98 Å². The molecule has 0 radical (unpaired) electrons. The second-order valence-electron chi connectivity index (χ2n) is 3.85. The second-order valence-corrected chi connectivity index (χ2v) is 3.85. The summed E-state index contributed by atoms with van der Waals surface area (Å²) in [5.41, 5.74) is 1.81. The summed E-state index contributed by atoms with van der Waals surface area (Å²) in [6.07, 6.45) is 1.81. The van der Waals surface area contributed by atoms with Crippen LogP contribution in [0.5, 0.6) is 0 Å². The Balaban J connectivity index is 2.19. The molecule has 0 aliphatic carbocycles. The number of H-pyrrole nitrogens is 1. The number of aromatic amines is 1. The minimum absolute atomic E-state index is 0.155. The van der Waals surface area contributed by atoms with Crippen molar-refractivity contribution in [2.45, 2.75) is 13.0 Å². The van der Waals surface area contributed by atoms with E-state index in [9.17, 15) is 0 Å². The van der Waals surface area contributed by atoms with Gasteiger partial charge in [-0.05, 0) is 24.6 Å². The molecule has 0 spiro atoms. The van der Waals surface area contributed by atoms with Gasteiger partial charge in [-0.2, -0.15) is 5.26 Å². The summed E-state index contributed by atoms with van der Waals surface area (Å²) in [5.74, 6) is 0.756. The van der Waals surface area contributed by atoms with Crippen LogP contribution in [0.25, 0.3) is 0 Å². The Morgan fingerprint density at radius 1 is 1.18 bits per heavy atom. The van der Waals surface area contributed by atoms with Gasteiger partial charge in [0.25, 0.3) is 5.82 Å². The number of pyridine rings is 1. The number of hydrogen-bond donors (Lipinski definition) is 1. The number of rotatable bonds is 3. The molecule has 17 heavy (non-hydrogen) atoms. The first kappa shape index (κ1) is 11.2. The maximum Gasteiger partial charge on any atom is 0.290 e. The normalized spacial score (nSPS) is 11.5. The molecule has 0 amide bonds. The molecule has 84 valence electrons. The minimum atomic E-state index is 0.155. The first-order valence-electron chi connectivity index (χ1n) is 5.53. The van der Waals surface area contributed by atoms with E-state index in [1.54, 1.807) is 12.3 Å². The third-order valence-electron chi connectivity index (χ3n) is 2.64. The fraction of sp³-hybridized carbons (Fsp3) is 0.143. The fourth-order valence-electron chi connectivity index (χ4n) is 1.69. The highest BCUT2D eigenvalue weighted by Gasteiger charge is 2.14. The number of anilines is 1. The van der Waals surface area contributed by atoms with Gasteiger partial charge < -0.3 is 0 Å². The lowest BCUT2D eigenvalue weighted by atomic mass is 10.1. The highest BCUT2D eigenvalue weighted by atomic mass is 15.0. The Labute approximate surface area is 101 Å². The summed E-state index contributed by atoms with van der Waals surface area (Å²) in [5, 5.41) is 12.3. The standard InChI is InChI=1S/C14H13N3/c1-11(12-6-3-2-4-7-12)17-14-13(10-15)8-5-9-16-14/h2-9,11H,1H3,(H,16,17)/p+1/t11-/m1/s1. The predicted molar refractivity (Wildman–Crippen MR) is 66.2 cm³/mol. The van der Waals surface area contributed by atoms with Crippen molar-refractivity contribution >= 4 is 5.82 Å². The van der Waals surface area contributed by atoms with E-state index in [-0.39, 0.29) is 6.04 Å². The van der Waals surface area contributed by atoms with Crippen LogP contribution in [0.2, 0.25) is 0 Å². The molecule has 1 atom stereocenters. The molecule has 2 aromatic rings. The average molecular weight is 224 g/mol. The fourth-order valence-corrected chi connectivity index (χ4v) is 1.69. The number of benzene rings is 1. The molecule has 2 rings (SSSR count). The SMILES string of the molecule is C[C@@H](Nc1[nH+]cccc1C#N)c1ccccc1. The van der Waals surface area contributed by atoms with Gasteiger partial charge in [0.05, 0.1) is 6.20 Å². The summed E-state index contributed by atoms with van der Waals surface area (Å²) in [7, 11) is 0. The molecule has 0 saturated carbocycles. The quantitative estimate of drug-likeness (QED) is 0.871. The van der Waals surface area contributed by atoms with Gasteiger partial charge in [0, 0.05) is 0 Å². The largest absolute Gasteiger partial charge is 0.290 e. The van der Waals surface area contributed by atoms with Crippen LogP contribution in [0.4, 0.5) is 5.82 Å². The van der Waals surface area contributed by atoms with Crippen LogP contribution in [0, 0.1) is 11.3 Å². The molecule has 1 aromatic heterocycles. The number of nitrogens with zero attached hydrogens (tertiary/aromatic N) is 1. The lowest BCUT2D eigenvalue weighted by Crippen LogP contribution is -2.17. The van der Waals surface area contributed by atoms with Gasteiger partial charge in [-0.25, -0.2) is 4.98 Å². The maximum atomic E-state index is 8.99. The summed E-state index contributed by atoms with van der Waals surface area (Å²) in [6, 6.07) is 16.0. The third kappa shape index (κ3) is 2.61. The van der Waals surface area contributed by atoms with Crippen molar-refractivity contribution in [3.8, 4) is 6.07 Å². The molecule has 1 aromatic carbocycles. The van der Waals surface area contributed by atoms with Crippen molar-refractivity contribution in [3.05, 3.63) is 59.8 Å². The summed E-state index contributed by atoms with van der Waals surface area (Å²) in [4.78, 5) is 3.05. The van der Waals surface area contributed by atoms with Crippen LogP contribution < -0.4 is 10.3 Å². The van der Waals surface area contributed by atoms with Gasteiger partial charge >= 0.3 is 0 Å². The predicted octanol–water partition coefficient (Wildman–Crippen LogP) is 2.55. The molecule has 0 fully saturated rings. The molecule has 0 unspecified atom stereocenters. The zero-order chi connectivity index (χ0) is 12.1. The Hall–Kier alpha value is -2.34. The molecular weight excluding hydrogens is 210 g/mol. The monoisotopic (exact) mass is 224 g/mol. The van der Waals surface area contributed by atoms with Gasteiger partial charge in [-0.1, -0.05) is 30.3 Å². The molecule has 0 aliphatic rings. The summed E-state index contributed by atoms with van der Waals surface area (Å²) in [6.45, 7) is 2.07. The van der Waals surface area contributed by atoms with Crippen molar-refractivity contribution in [1.29, 1.82) is 5.26 Å². The van der Waals surface area contributed by atoms with Crippen LogP contribution in [-0.2, 0) is 0 Å². The highest BCUT2D eigenvalue weighted by molar-refractivity contribution is 5.48. The lowest BCUT2D eigenvalue weighted by Gasteiger charge is -2.09. The number of aromatic nitrogens is 1. The first-order chi connectivity index (χ1) is 8.31. The van der Waals surface area contributed by atoms with E-state index in [0.717, 1.165) is 5.82 Å². The maximum absolute atomic E-state index is 8.99. The summed E-state index contributed by atoms with van der Waals surface area (Å²) < 4.78 is 0. The Kier molecular flexibility index (Phi) is 3.37.